The molecule has 2 atom stereocenters. The highest BCUT2D eigenvalue weighted by molar-refractivity contribution is 5.81. The Balaban J connectivity index is 1.77. The molecule has 3 aromatic carbocycles. The molecular formula is C27H27NO2. The van der Waals surface area contributed by atoms with Gasteiger partial charge >= 0.3 is 5.97 Å². The van der Waals surface area contributed by atoms with Crippen molar-refractivity contribution in [2.75, 3.05) is 0 Å². The molecule has 3 nitrogen and oxygen atoms in total. The largest absolute Gasteiger partial charge is 0.459 e. The minimum Gasteiger partial charge on any atom is -0.459 e. The van der Waals surface area contributed by atoms with Gasteiger partial charge in [-0.1, -0.05) is 90.7 Å². The summed E-state index contributed by atoms with van der Waals surface area (Å²) in [5, 5.41) is 0. The average molecular weight is 398 g/mol. The van der Waals surface area contributed by atoms with Gasteiger partial charge in [0.2, 0.25) is 0 Å². The van der Waals surface area contributed by atoms with Crippen LogP contribution in [0.3, 0.4) is 0 Å². The van der Waals surface area contributed by atoms with Crippen LogP contribution in [0.4, 0.5) is 0 Å². The number of benzene rings is 3. The highest BCUT2D eigenvalue weighted by Crippen LogP contribution is 2.24. The highest BCUT2D eigenvalue weighted by Gasteiger charge is 2.40. The lowest BCUT2D eigenvalue weighted by molar-refractivity contribution is -0.153. The molecule has 2 N–H and O–H groups in total. The minimum atomic E-state index is -1.20. The second-order valence-electron chi connectivity index (χ2n) is 7.44. The van der Waals surface area contributed by atoms with Crippen molar-refractivity contribution in [2.24, 2.45) is 11.7 Å². The molecule has 3 aromatic rings. The molecule has 0 saturated heterocycles. The van der Waals surface area contributed by atoms with Crippen molar-refractivity contribution >= 4 is 5.97 Å². The first-order valence-corrected chi connectivity index (χ1v) is 10.2. The van der Waals surface area contributed by atoms with Crippen LogP contribution in [0.1, 0.15) is 30.0 Å². The predicted octanol–water partition coefficient (Wildman–Crippen LogP) is 4.75. The first-order chi connectivity index (χ1) is 14.6. The summed E-state index contributed by atoms with van der Waals surface area (Å²) in [6, 6.07) is 29.3. The van der Waals surface area contributed by atoms with E-state index in [9.17, 15) is 4.79 Å². The van der Waals surface area contributed by atoms with Gasteiger partial charge in [-0.05, 0) is 43.0 Å². The minimum absolute atomic E-state index is 0.197. The van der Waals surface area contributed by atoms with Crippen molar-refractivity contribution in [2.45, 2.75) is 31.9 Å². The summed E-state index contributed by atoms with van der Waals surface area (Å²) in [6.07, 6.45) is 1.13. The van der Waals surface area contributed by atoms with Crippen molar-refractivity contribution in [1.82, 2.24) is 0 Å². The fourth-order valence-corrected chi connectivity index (χ4v) is 3.19. The third-order valence-corrected chi connectivity index (χ3v) is 5.24. The summed E-state index contributed by atoms with van der Waals surface area (Å²) in [7, 11) is 0. The third kappa shape index (κ3) is 5.83. The summed E-state index contributed by atoms with van der Waals surface area (Å²) >= 11 is 0. The number of carbonyl (C=O) groups excluding carboxylic acids is 1. The van der Waals surface area contributed by atoms with Crippen molar-refractivity contribution < 1.29 is 9.53 Å². The highest BCUT2D eigenvalue weighted by atomic mass is 16.5. The Hall–Kier alpha value is -3.35. The second-order valence-corrected chi connectivity index (χ2v) is 7.44. The van der Waals surface area contributed by atoms with Crippen molar-refractivity contribution in [3.63, 3.8) is 0 Å². The zero-order valence-corrected chi connectivity index (χ0v) is 17.3. The Morgan fingerprint density at radius 2 is 1.43 bits per heavy atom. The van der Waals surface area contributed by atoms with E-state index in [-0.39, 0.29) is 12.5 Å². The number of carbonyl (C=O) groups is 1. The van der Waals surface area contributed by atoms with Crippen LogP contribution in [0, 0.1) is 17.8 Å². The van der Waals surface area contributed by atoms with Crippen molar-refractivity contribution in [1.29, 1.82) is 0 Å². The van der Waals surface area contributed by atoms with Crippen LogP contribution in [0.2, 0.25) is 0 Å². The van der Waals surface area contributed by atoms with E-state index in [1.165, 1.54) is 0 Å². The Kier molecular flexibility index (Phi) is 7.43. The van der Waals surface area contributed by atoms with Crippen molar-refractivity contribution in [3.05, 3.63) is 108 Å². The molecule has 0 saturated carbocycles. The first kappa shape index (κ1) is 21.4. The molecule has 0 aliphatic rings. The Morgan fingerprint density at radius 1 is 0.900 bits per heavy atom. The van der Waals surface area contributed by atoms with E-state index >= 15 is 0 Å². The summed E-state index contributed by atoms with van der Waals surface area (Å²) in [6.45, 7) is 2.09. The molecule has 0 aliphatic carbocycles. The molecule has 0 aromatic heterocycles. The summed E-state index contributed by atoms with van der Waals surface area (Å²) < 4.78 is 5.62. The van der Waals surface area contributed by atoms with Crippen LogP contribution < -0.4 is 5.73 Å². The van der Waals surface area contributed by atoms with Gasteiger partial charge in [-0.15, -0.1) is 0 Å². The maximum Gasteiger partial charge on any atom is 0.327 e. The SMILES string of the molecule is C[C@@H](C#Cc1ccccc1)[C@](N)(CCc1ccccc1)C(=O)OCc1ccccc1. The molecular weight excluding hydrogens is 370 g/mol. The molecule has 0 aliphatic heterocycles. The average Bonchev–Trinajstić information content (AvgIpc) is 2.81. The van der Waals surface area contributed by atoms with E-state index in [2.05, 4.69) is 11.8 Å². The molecule has 0 bridgehead atoms. The summed E-state index contributed by atoms with van der Waals surface area (Å²) in [4.78, 5) is 13.1. The van der Waals surface area contributed by atoms with E-state index < -0.39 is 11.5 Å². The number of nitrogens with two attached hydrogens (primary N) is 1. The number of ether oxygens (including phenoxy) is 1. The molecule has 0 fully saturated rings. The van der Waals surface area contributed by atoms with Gasteiger partial charge < -0.3 is 10.5 Å². The first-order valence-electron chi connectivity index (χ1n) is 10.2. The number of hydrogen-bond donors (Lipinski definition) is 1. The van der Waals surface area contributed by atoms with Gasteiger partial charge in [0, 0.05) is 11.5 Å². The molecule has 0 heterocycles. The zero-order valence-electron chi connectivity index (χ0n) is 17.3. The van der Waals surface area contributed by atoms with Gasteiger partial charge in [0.1, 0.15) is 12.1 Å². The maximum absolute atomic E-state index is 13.1. The van der Waals surface area contributed by atoms with Gasteiger partial charge in [-0.3, -0.25) is 0 Å². The topological polar surface area (TPSA) is 52.3 Å². The number of rotatable bonds is 7. The predicted molar refractivity (Wildman–Crippen MR) is 120 cm³/mol. The molecule has 0 radical (unpaired) electrons. The van der Waals surface area contributed by atoms with Crippen LogP contribution in [-0.4, -0.2) is 11.5 Å². The van der Waals surface area contributed by atoms with Crippen LogP contribution in [0.5, 0.6) is 0 Å². The van der Waals surface area contributed by atoms with Crippen LogP contribution in [0.25, 0.3) is 0 Å². The van der Waals surface area contributed by atoms with E-state index in [4.69, 9.17) is 10.5 Å². The molecule has 0 unspecified atom stereocenters. The van der Waals surface area contributed by atoms with Gasteiger partial charge in [-0.2, -0.15) is 0 Å². The lowest BCUT2D eigenvalue weighted by atomic mass is 9.81. The molecule has 30 heavy (non-hydrogen) atoms. The van der Waals surface area contributed by atoms with Gasteiger partial charge in [0.05, 0.1) is 0 Å². The van der Waals surface area contributed by atoms with Crippen LogP contribution >= 0.6 is 0 Å². The second kappa shape index (κ2) is 10.4. The van der Waals surface area contributed by atoms with Crippen molar-refractivity contribution in [3.8, 4) is 11.8 Å². The third-order valence-electron chi connectivity index (χ3n) is 5.24. The Labute approximate surface area is 178 Å². The summed E-state index contributed by atoms with van der Waals surface area (Å²) in [5.41, 5.74) is 8.44. The molecule has 3 rings (SSSR count). The fraction of sp³-hybridized carbons (Fsp3) is 0.222. The monoisotopic (exact) mass is 397 g/mol. The maximum atomic E-state index is 13.1. The smallest absolute Gasteiger partial charge is 0.327 e. The van der Waals surface area contributed by atoms with Gasteiger partial charge in [-0.25, -0.2) is 4.79 Å². The molecule has 0 amide bonds. The quantitative estimate of drug-likeness (QED) is 0.462. The van der Waals surface area contributed by atoms with E-state index in [0.29, 0.717) is 12.8 Å². The van der Waals surface area contributed by atoms with E-state index in [1.54, 1.807) is 0 Å². The zero-order chi connectivity index (χ0) is 21.2. The Morgan fingerprint density at radius 3 is 2.03 bits per heavy atom. The lowest BCUT2D eigenvalue weighted by Crippen LogP contribution is -2.54. The summed E-state index contributed by atoms with van der Waals surface area (Å²) in [5.74, 6) is 5.53. The standard InChI is InChI=1S/C27H27NO2/c1-22(17-18-23-11-5-2-6-12-23)27(28,20-19-24-13-7-3-8-14-24)26(29)30-21-25-15-9-4-10-16-25/h2-16,22H,19-21,28H2,1H3/t22-,27+/m0/s1. The van der Waals surface area contributed by atoms with Gasteiger partial charge in [0.25, 0.3) is 0 Å². The fourth-order valence-electron chi connectivity index (χ4n) is 3.19. The van der Waals surface area contributed by atoms with Crippen LogP contribution in [0.15, 0.2) is 91.0 Å². The Bertz CT molecular complexity index is 991. The number of esters is 1. The van der Waals surface area contributed by atoms with E-state index in [1.807, 2.05) is 97.9 Å². The lowest BCUT2D eigenvalue weighted by Gasteiger charge is -2.30. The molecule has 0 spiro atoms. The molecule has 152 valence electrons. The number of aryl methyl sites for hydroxylation is 1. The van der Waals surface area contributed by atoms with E-state index in [0.717, 1.165) is 16.7 Å². The number of hydrogen-bond acceptors (Lipinski definition) is 3. The van der Waals surface area contributed by atoms with Crippen LogP contribution in [-0.2, 0) is 22.6 Å². The molecule has 3 heteroatoms. The normalized spacial score (nSPS) is 13.4. The van der Waals surface area contributed by atoms with Gasteiger partial charge in [0.15, 0.2) is 0 Å².